The molecule has 0 radical (unpaired) electrons. The molecule has 0 saturated carbocycles. The first-order valence-corrected chi connectivity index (χ1v) is 8.30. The zero-order valence-corrected chi connectivity index (χ0v) is 14.3. The molecule has 2 rings (SSSR count). The number of hydrogen-bond acceptors (Lipinski definition) is 2. The van der Waals surface area contributed by atoms with E-state index in [1.54, 1.807) is 24.3 Å². The van der Waals surface area contributed by atoms with Crippen LogP contribution in [0.15, 0.2) is 54.6 Å². The summed E-state index contributed by atoms with van der Waals surface area (Å²) < 4.78 is 0. The van der Waals surface area contributed by atoms with Crippen molar-refractivity contribution in [2.24, 2.45) is 0 Å². The summed E-state index contributed by atoms with van der Waals surface area (Å²) >= 11 is 5.96. The monoisotopic (exact) mass is 344 g/mol. The van der Waals surface area contributed by atoms with Gasteiger partial charge in [0.25, 0.3) is 5.91 Å². The molecule has 0 heterocycles. The number of benzene rings is 2. The molecule has 0 aliphatic rings. The van der Waals surface area contributed by atoms with E-state index in [1.165, 1.54) is 5.56 Å². The molecule has 0 saturated heterocycles. The van der Waals surface area contributed by atoms with Crippen LogP contribution in [0.2, 0.25) is 5.02 Å². The highest BCUT2D eigenvalue weighted by molar-refractivity contribution is 6.33. The van der Waals surface area contributed by atoms with Crippen molar-refractivity contribution in [3.05, 3.63) is 70.7 Å². The molecule has 0 fully saturated rings. The number of nitrogens with one attached hydrogen (secondary N) is 2. The van der Waals surface area contributed by atoms with Crippen molar-refractivity contribution >= 4 is 23.4 Å². The van der Waals surface area contributed by atoms with Crippen molar-refractivity contribution in [3.8, 4) is 0 Å². The Hall–Kier alpha value is -2.33. The molecule has 1 atom stereocenters. The minimum absolute atomic E-state index is 0.0859. The fourth-order valence-corrected chi connectivity index (χ4v) is 2.51. The summed E-state index contributed by atoms with van der Waals surface area (Å²) in [6.45, 7) is 2.91. The van der Waals surface area contributed by atoms with Crippen molar-refractivity contribution in [3.63, 3.8) is 0 Å². The van der Waals surface area contributed by atoms with Gasteiger partial charge in [0.15, 0.2) is 0 Å². The molecule has 0 bridgehead atoms. The summed E-state index contributed by atoms with van der Waals surface area (Å²) in [6, 6.07) is 16.8. The van der Waals surface area contributed by atoms with E-state index in [1.807, 2.05) is 30.3 Å². The Morgan fingerprint density at radius 1 is 1.00 bits per heavy atom. The van der Waals surface area contributed by atoms with Crippen LogP contribution in [-0.2, 0) is 4.79 Å². The number of halogens is 1. The first-order valence-electron chi connectivity index (χ1n) is 7.92. The number of hydrogen-bond donors (Lipinski definition) is 2. The second-order valence-electron chi connectivity index (χ2n) is 5.60. The van der Waals surface area contributed by atoms with Gasteiger partial charge in [0, 0.05) is 19.5 Å². The molecule has 2 N–H and O–H groups in total. The van der Waals surface area contributed by atoms with E-state index >= 15 is 0 Å². The minimum atomic E-state index is -0.272. The van der Waals surface area contributed by atoms with Gasteiger partial charge in [-0.25, -0.2) is 0 Å². The van der Waals surface area contributed by atoms with E-state index in [9.17, 15) is 9.59 Å². The van der Waals surface area contributed by atoms with Crippen LogP contribution in [0.25, 0.3) is 0 Å². The van der Waals surface area contributed by atoms with Gasteiger partial charge in [0.2, 0.25) is 5.91 Å². The third kappa shape index (κ3) is 5.39. The van der Waals surface area contributed by atoms with Crippen LogP contribution in [0.1, 0.15) is 35.2 Å². The average molecular weight is 345 g/mol. The zero-order chi connectivity index (χ0) is 17.4. The maximum atomic E-state index is 12.0. The molecule has 0 aliphatic heterocycles. The third-order valence-corrected chi connectivity index (χ3v) is 4.06. The predicted octanol–water partition coefficient (Wildman–Crippen LogP) is 3.38. The van der Waals surface area contributed by atoms with Crippen LogP contribution in [0.3, 0.4) is 0 Å². The molecule has 2 aromatic carbocycles. The molecule has 0 unspecified atom stereocenters. The van der Waals surface area contributed by atoms with Gasteiger partial charge in [-0.1, -0.05) is 61.0 Å². The molecule has 0 aromatic heterocycles. The van der Waals surface area contributed by atoms with E-state index in [0.29, 0.717) is 17.1 Å². The molecule has 24 heavy (non-hydrogen) atoms. The highest BCUT2D eigenvalue weighted by Gasteiger charge is 2.10. The van der Waals surface area contributed by atoms with Crippen LogP contribution >= 0.6 is 11.6 Å². The topological polar surface area (TPSA) is 58.2 Å². The summed E-state index contributed by atoms with van der Waals surface area (Å²) in [6.07, 6.45) is 0.234. The lowest BCUT2D eigenvalue weighted by molar-refractivity contribution is -0.121. The summed E-state index contributed by atoms with van der Waals surface area (Å²) in [4.78, 5) is 23.8. The van der Waals surface area contributed by atoms with Crippen LogP contribution < -0.4 is 10.6 Å². The van der Waals surface area contributed by atoms with Crippen LogP contribution in [-0.4, -0.2) is 24.9 Å². The van der Waals surface area contributed by atoms with Crippen LogP contribution in [0.4, 0.5) is 0 Å². The Balaban J connectivity index is 1.70. The Labute approximate surface area is 147 Å². The van der Waals surface area contributed by atoms with Gasteiger partial charge in [-0.15, -0.1) is 0 Å². The highest BCUT2D eigenvalue weighted by Crippen LogP contribution is 2.14. The van der Waals surface area contributed by atoms with Gasteiger partial charge in [0.05, 0.1) is 10.6 Å². The predicted molar refractivity (Wildman–Crippen MR) is 96.3 cm³/mol. The maximum Gasteiger partial charge on any atom is 0.252 e. The SMILES string of the molecule is C[C@@H](CNC(=O)CCNC(=O)c1ccccc1Cl)c1ccccc1. The van der Waals surface area contributed by atoms with E-state index in [0.717, 1.165) is 0 Å². The van der Waals surface area contributed by atoms with Crippen LogP contribution in [0.5, 0.6) is 0 Å². The quantitative estimate of drug-likeness (QED) is 0.809. The summed E-state index contributed by atoms with van der Waals surface area (Å²) in [7, 11) is 0. The number of carbonyl (C=O) groups excluding carboxylic acids is 2. The van der Waals surface area contributed by atoms with Gasteiger partial charge in [-0.3, -0.25) is 9.59 Å². The lowest BCUT2D eigenvalue weighted by atomic mass is 10.0. The number of amides is 2. The van der Waals surface area contributed by atoms with Gasteiger partial charge < -0.3 is 10.6 Å². The van der Waals surface area contributed by atoms with Crippen molar-refractivity contribution in [1.29, 1.82) is 0 Å². The summed E-state index contributed by atoms with van der Waals surface area (Å²) in [5.74, 6) is -0.115. The Bertz CT molecular complexity index is 689. The first-order chi connectivity index (χ1) is 11.6. The first kappa shape index (κ1) is 18.0. The van der Waals surface area contributed by atoms with Gasteiger partial charge in [-0.05, 0) is 23.6 Å². The summed E-state index contributed by atoms with van der Waals surface area (Å²) in [5, 5.41) is 5.99. The largest absolute Gasteiger partial charge is 0.355 e. The minimum Gasteiger partial charge on any atom is -0.355 e. The Morgan fingerprint density at radius 2 is 1.67 bits per heavy atom. The molecule has 2 aromatic rings. The Kier molecular flexibility index (Phi) is 6.82. The smallest absolute Gasteiger partial charge is 0.252 e. The molecule has 4 nitrogen and oxygen atoms in total. The number of rotatable bonds is 7. The standard InChI is InChI=1S/C19H21ClN2O2/c1-14(15-7-3-2-4-8-15)13-22-18(23)11-12-21-19(24)16-9-5-6-10-17(16)20/h2-10,14H,11-13H2,1H3,(H,21,24)(H,22,23)/t14-/m0/s1. The second-order valence-corrected chi connectivity index (χ2v) is 6.01. The lowest BCUT2D eigenvalue weighted by Crippen LogP contribution is -2.32. The lowest BCUT2D eigenvalue weighted by Gasteiger charge is -2.13. The van der Waals surface area contributed by atoms with Crippen molar-refractivity contribution < 1.29 is 9.59 Å². The normalized spacial score (nSPS) is 11.6. The van der Waals surface area contributed by atoms with Crippen molar-refractivity contribution in [2.75, 3.05) is 13.1 Å². The molecule has 5 heteroatoms. The number of carbonyl (C=O) groups is 2. The average Bonchev–Trinajstić information content (AvgIpc) is 2.60. The third-order valence-electron chi connectivity index (χ3n) is 3.73. The fraction of sp³-hybridized carbons (Fsp3) is 0.263. The zero-order valence-electron chi connectivity index (χ0n) is 13.6. The fourth-order valence-electron chi connectivity index (χ4n) is 2.28. The van der Waals surface area contributed by atoms with E-state index in [4.69, 9.17) is 11.6 Å². The van der Waals surface area contributed by atoms with E-state index in [2.05, 4.69) is 17.6 Å². The molecule has 2 amide bonds. The summed E-state index contributed by atoms with van der Waals surface area (Å²) in [5.41, 5.74) is 1.60. The van der Waals surface area contributed by atoms with Gasteiger partial charge in [0.1, 0.15) is 0 Å². The van der Waals surface area contributed by atoms with Gasteiger partial charge in [-0.2, -0.15) is 0 Å². The van der Waals surface area contributed by atoms with Crippen molar-refractivity contribution in [1.82, 2.24) is 10.6 Å². The van der Waals surface area contributed by atoms with Gasteiger partial charge >= 0.3 is 0 Å². The molecular weight excluding hydrogens is 324 g/mol. The molecular formula is C19H21ClN2O2. The second kappa shape index (κ2) is 9.08. The molecule has 126 valence electrons. The Morgan fingerprint density at radius 3 is 2.38 bits per heavy atom. The molecule has 0 spiro atoms. The van der Waals surface area contributed by atoms with E-state index < -0.39 is 0 Å². The van der Waals surface area contributed by atoms with E-state index in [-0.39, 0.29) is 30.7 Å². The molecule has 0 aliphatic carbocycles. The highest BCUT2D eigenvalue weighted by atomic mass is 35.5. The van der Waals surface area contributed by atoms with Crippen LogP contribution in [0, 0.1) is 0 Å². The maximum absolute atomic E-state index is 12.0. The van der Waals surface area contributed by atoms with Crippen molar-refractivity contribution in [2.45, 2.75) is 19.3 Å².